The van der Waals surface area contributed by atoms with Gasteiger partial charge in [0.05, 0.1) is 13.2 Å². The Labute approximate surface area is 62.2 Å². The molecule has 10 heavy (non-hydrogen) atoms. The highest BCUT2D eigenvalue weighted by atomic mass is 16.6. The molecule has 0 radical (unpaired) electrons. The molecule has 0 saturated carbocycles. The molecule has 1 aliphatic rings. The Morgan fingerprint density at radius 3 is 2.60 bits per heavy atom. The van der Waals surface area contributed by atoms with E-state index in [2.05, 4.69) is 13.8 Å². The molecule has 1 fully saturated rings. The Morgan fingerprint density at radius 1 is 1.70 bits per heavy atom. The predicted octanol–water partition coefficient (Wildman–Crippen LogP) is 1.18. The van der Waals surface area contributed by atoms with Gasteiger partial charge in [0.2, 0.25) is 0 Å². The second kappa shape index (κ2) is 2.89. The van der Waals surface area contributed by atoms with Gasteiger partial charge in [-0.25, -0.2) is 0 Å². The normalized spacial score (nSPS) is 33.9. The second-order valence-corrected chi connectivity index (χ2v) is 3.35. The maximum Gasteiger partial charge on any atom is 0.115 e. The van der Waals surface area contributed by atoms with Gasteiger partial charge in [0.15, 0.2) is 0 Å². The van der Waals surface area contributed by atoms with Crippen LogP contribution in [0.3, 0.4) is 0 Å². The van der Waals surface area contributed by atoms with E-state index in [1.165, 1.54) is 6.42 Å². The van der Waals surface area contributed by atoms with Gasteiger partial charge in [-0.05, 0) is 12.3 Å². The fourth-order valence-electron chi connectivity index (χ4n) is 1.16. The van der Waals surface area contributed by atoms with E-state index in [0.29, 0.717) is 5.92 Å². The first kappa shape index (κ1) is 8.02. The molecule has 1 heterocycles. The molecule has 0 unspecified atom stereocenters. The Kier molecular flexibility index (Phi) is 2.32. The number of hydrogen-bond donors (Lipinski definition) is 1. The van der Waals surface area contributed by atoms with Crippen LogP contribution in [0.5, 0.6) is 0 Å². The smallest absolute Gasteiger partial charge is 0.115 e. The van der Waals surface area contributed by atoms with Crippen molar-refractivity contribution in [3.8, 4) is 0 Å². The van der Waals surface area contributed by atoms with Gasteiger partial charge < -0.3 is 9.84 Å². The van der Waals surface area contributed by atoms with E-state index in [1.807, 2.05) is 0 Å². The van der Waals surface area contributed by atoms with Crippen LogP contribution in [-0.4, -0.2) is 23.9 Å². The van der Waals surface area contributed by atoms with Gasteiger partial charge in [-0.3, -0.25) is 0 Å². The van der Waals surface area contributed by atoms with Crippen LogP contribution >= 0.6 is 0 Å². The zero-order valence-electron chi connectivity index (χ0n) is 6.76. The minimum Gasteiger partial charge on any atom is -0.393 e. The molecule has 1 aliphatic heterocycles. The Bertz CT molecular complexity index is 108. The molecule has 2 heteroatoms. The zero-order chi connectivity index (χ0) is 7.61. The molecule has 0 aromatic carbocycles. The Balaban J connectivity index is 2.23. The van der Waals surface area contributed by atoms with Gasteiger partial charge in [0.1, 0.15) is 5.60 Å². The minimum absolute atomic E-state index is 0.130. The molecule has 0 amide bonds. The fourth-order valence-corrected chi connectivity index (χ4v) is 1.16. The molecule has 1 saturated heterocycles. The lowest BCUT2D eigenvalue weighted by Gasteiger charge is -2.12. The molecular weight excluding hydrogens is 128 g/mol. The van der Waals surface area contributed by atoms with Crippen LogP contribution in [0.4, 0.5) is 0 Å². The first-order valence-corrected chi connectivity index (χ1v) is 3.97. The van der Waals surface area contributed by atoms with E-state index in [-0.39, 0.29) is 12.2 Å². The van der Waals surface area contributed by atoms with Gasteiger partial charge in [-0.2, -0.15) is 0 Å². The van der Waals surface area contributed by atoms with E-state index >= 15 is 0 Å². The third-order valence-electron chi connectivity index (χ3n) is 2.26. The summed E-state index contributed by atoms with van der Waals surface area (Å²) in [6.45, 7) is 5.31. The first-order valence-electron chi connectivity index (χ1n) is 3.97. The van der Waals surface area contributed by atoms with Crippen molar-refractivity contribution in [3.05, 3.63) is 0 Å². The number of epoxide rings is 1. The maximum atomic E-state index is 8.88. The lowest BCUT2D eigenvalue weighted by Crippen LogP contribution is -2.19. The van der Waals surface area contributed by atoms with Crippen molar-refractivity contribution in [1.82, 2.24) is 0 Å². The minimum atomic E-state index is -0.130. The van der Waals surface area contributed by atoms with Crippen molar-refractivity contribution < 1.29 is 9.84 Å². The molecule has 1 N–H and O–H groups in total. The highest BCUT2D eigenvalue weighted by molar-refractivity contribution is 4.92. The molecular formula is C8H16O2. The van der Waals surface area contributed by atoms with Crippen molar-refractivity contribution in [3.63, 3.8) is 0 Å². The number of rotatable bonds is 4. The lowest BCUT2D eigenvalue weighted by molar-refractivity contribution is 0.149. The average Bonchev–Trinajstić information content (AvgIpc) is 2.70. The Morgan fingerprint density at radius 2 is 2.30 bits per heavy atom. The number of aliphatic hydroxyl groups excluding tert-OH is 1. The molecule has 0 bridgehead atoms. The molecule has 60 valence electrons. The van der Waals surface area contributed by atoms with Gasteiger partial charge in [-0.15, -0.1) is 0 Å². The van der Waals surface area contributed by atoms with Gasteiger partial charge in [0, 0.05) is 0 Å². The molecule has 0 aromatic heterocycles. The van der Waals surface area contributed by atoms with E-state index < -0.39 is 0 Å². The summed E-state index contributed by atoms with van der Waals surface area (Å²) >= 11 is 0. The molecule has 1 rings (SSSR count). The van der Waals surface area contributed by atoms with Crippen LogP contribution in [0.15, 0.2) is 0 Å². The van der Waals surface area contributed by atoms with Crippen molar-refractivity contribution in [2.24, 2.45) is 5.92 Å². The lowest BCUT2D eigenvalue weighted by atomic mass is 9.95. The number of ether oxygens (including phenoxy) is 1. The largest absolute Gasteiger partial charge is 0.393 e. The monoisotopic (exact) mass is 144 g/mol. The summed E-state index contributed by atoms with van der Waals surface area (Å²) in [5.41, 5.74) is -0.130. The SMILES string of the molecule is CC[C@H](C)C[C@@]1(CO)CO1. The summed E-state index contributed by atoms with van der Waals surface area (Å²) in [5.74, 6) is 0.676. The maximum absolute atomic E-state index is 8.88. The zero-order valence-corrected chi connectivity index (χ0v) is 6.76. The van der Waals surface area contributed by atoms with E-state index in [9.17, 15) is 0 Å². The summed E-state index contributed by atoms with van der Waals surface area (Å²) in [5, 5.41) is 8.88. The van der Waals surface area contributed by atoms with Crippen molar-refractivity contribution >= 4 is 0 Å². The highest BCUT2D eigenvalue weighted by Gasteiger charge is 2.44. The molecule has 2 atom stereocenters. The molecule has 0 spiro atoms. The van der Waals surface area contributed by atoms with Crippen LogP contribution in [0.1, 0.15) is 26.7 Å². The van der Waals surface area contributed by atoms with Crippen molar-refractivity contribution in [1.29, 1.82) is 0 Å². The van der Waals surface area contributed by atoms with Crippen LogP contribution in [0.2, 0.25) is 0 Å². The molecule has 0 aliphatic carbocycles. The fraction of sp³-hybridized carbons (Fsp3) is 1.00. The van der Waals surface area contributed by atoms with Crippen LogP contribution < -0.4 is 0 Å². The van der Waals surface area contributed by atoms with Crippen molar-refractivity contribution in [2.75, 3.05) is 13.2 Å². The molecule has 2 nitrogen and oxygen atoms in total. The van der Waals surface area contributed by atoms with Gasteiger partial charge in [0.25, 0.3) is 0 Å². The average molecular weight is 144 g/mol. The van der Waals surface area contributed by atoms with Crippen LogP contribution in [0, 0.1) is 5.92 Å². The quantitative estimate of drug-likeness (QED) is 0.601. The number of hydrogen-bond acceptors (Lipinski definition) is 2. The van der Waals surface area contributed by atoms with E-state index in [4.69, 9.17) is 9.84 Å². The van der Waals surface area contributed by atoms with Crippen LogP contribution in [0.25, 0.3) is 0 Å². The van der Waals surface area contributed by atoms with Gasteiger partial charge in [-0.1, -0.05) is 20.3 Å². The summed E-state index contributed by atoms with van der Waals surface area (Å²) in [7, 11) is 0. The van der Waals surface area contributed by atoms with E-state index in [0.717, 1.165) is 13.0 Å². The molecule has 0 aromatic rings. The predicted molar refractivity (Wildman–Crippen MR) is 39.8 cm³/mol. The summed E-state index contributed by atoms with van der Waals surface area (Å²) in [6, 6.07) is 0. The second-order valence-electron chi connectivity index (χ2n) is 3.35. The topological polar surface area (TPSA) is 32.8 Å². The standard InChI is InChI=1S/C8H16O2/c1-3-7(2)4-8(5-9)6-10-8/h7,9H,3-6H2,1-2H3/t7-,8+/m0/s1. The summed E-state index contributed by atoms with van der Waals surface area (Å²) in [4.78, 5) is 0. The summed E-state index contributed by atoms with van der Waals surface area (Å²) in [6.07, 6.45) is 2.19. The van der Waals surface area contributed by atoms with E-state index in [1.54, 1.807) is 0 Å². The highest BCUT2D eigenvalue weighted by Crippen LogP contribution is 2.34. The third-order valence-corrected chi connectivity index (χ3v) is 2.26. The van der Waals surface area contributed by atoms with Crippen LogP contribution in [-0.2, 0) is 4.74 Å². The third kappa shape index (κ3) is 1.70. The van der Waals surface area contributed by atoms with Gasteiger partial charge >= 0.3 is 0 Å². The first-order chi connectivity index (χ1) is 4.72. The number of aliphatic hydroxyl groups is 1. The summed E-state index contributed by atoms with van der Waals surface area (Å²) < 4.78 is 5.17. The Hall–Kier alpha value is -0.0800. The van der Waals surface area contributed by atoms with Crippen molar-refractivity contribution in [2.45, 2.75) is 32.3 Å².